The maximum Gasteiger partial charge on any atom is 0.277 e. The molecule has 0 radical (unpaired) electrons. The first-order chi connectivity index (χ1) is 14.3. The predicted molar refractivity (Wildman–Crippen MR) is 117 cm³/mol. The van der Waals surface area contributed by atoms with Crippen molar-refractivity contribution in [2.24, 2.45) is 0 Å². The summed E-state index contributed by atoms with van der Waals surface area (Å²) in [6, 6.07) is 12.9. The highest BCUT2D eigenvalue weighted by Gasteiger charge is 2.25. The minimum absolute atomic E-state index is 0.276. The number of imidazole rings is 1. The summed E-state index contributed by atoms with van der Waals surface area (Å²) in [7, 11) is 5.46. The van der Waals surface area contributed by atoms with Gasteiger partial charge in [0.15, 0.2) is 0 Å². The molecule has 4 aromatic rings. The van der Waals surface area contributed by atoms with E-state index in [1.807, 2.05) is 25.2 Å². The van der Waals surface area contributed by atoms with Crippen molar-refractivity contribution in [2.75, 3.05) is 30.9 Å². The van der Waals surface area contributed by atoms with Gasteiger partial charge in [-0.25, -0.2) is 14.4 Å². The van der Waals surface area contributed by atoms with Gasteiger partial charge in [0.25, 0.3) is 5.91 Å². The number of halogens is 2. The molecule has 2 aromatic carbocycles. The van der Waals surface area contributed by atoms with E-state index >= 15 is 0 Å². The van der Waals surface area contributed by atoms with Crippen molar-refractivity contribution >= 4 is 34.7 Å². The molecule has 152 valence electrons. The third-order valence-corrected chi connectivity index (χ3v) is 5.07. The summed E-state index contributed by atoms with van der Waals surface area (Å²) >= 11 is 5.98. The first-order valence-corrected chi connectivity index (χ1v) is 9.58. The van der Waals surface area contributed by atoms with Gasteiger partial charge in [-0.2, -0.15) is 0 Å². The Balaban J connectivity index is 1.91. The summed E-state index contributed by atoms with van der Waals surface area (Å²) in [6.07, 6.45) is 3.50. The lowest BCUT2D eigenvalue weighted by Crippen LogP contribution is -2.28. The zero-order valence-corrected chi connectivity index (χ0v) is 17.4. The highest BCUT2D eigenvalue weighted by Crippen LogP contribution is 2.28. The average molecular weight is 424 g/mol. The van der Waals surface area contributed by atoms with E-state index in [1.54, 1.807) is 54.0 Å². The number of hydrogen-bond acceptors (Lipinski definition) is 4. The van der Waals surface area contributed by atoms with Crippen LogP contribution in [0.5, 0.6) is 0 Å². The monoisotopic (exact) mass is 423 g/mol. The van der Waals surface area contributed by atoms with Gasteiger partial charge in [0.1, 0.15) is 17.2 Å². The van der Waals surface area contributed by atoms with Crippen LogP contribution in [0.4, 0.5) is 15.8 Å². The zero-order valence-electron chi connectivity index (χ0n) is 16.7. The van der Waals surface area contributed by atoms with Crippen molar-refractivity contribution in [3.8, 4) is 11.3 Å². The number of benzene rings is 2. The van der Waals surface area contributed by atoms with Crippen LogP contribution >= 0.6 is 11.6 Å². The fourth-order valence-electron chi connectivity index (χ4n) is 3.11. The van der Waals surface area contributed by atoms with Crippen molar-refractivity contribution in [1.29, 1.82) is 0 Å². The lowest BCUT2D eigenvalue weighted by Gasteiger charge is -2.18. The lowest BCUT2D eigenvalue weighted by molar-refractivity contribution is 0.0988. The normalized spacial score (nSPS) is 11.0. The molecule has 0 aliphatic rings. The molecule has 0 spiro atoms. The van der Waals surface area contributed by atoms with Gasteiger partial charge >= 0.3 is 0 Å². The summed E-state index contributed by atoms with van der Waals surface area (Å²) in [5.74, 6) is -0.253. The molecule has 8 heteroatoms. The van der Waals surface area contributed by atoms with Gasteiger partial charge in [-0.3, -0.25) is 9.20 Å². The van der Waals surface area contributed by atoms with Gasteiger partial charge in [0.2, 0.25) is 5.78 Å². The summed E-state index contributed by atoms with van der Waals surface area (Å²) in [4.78, 5) is 25.9. The number of amides is 1. The third kappa shape index (κ3) is 3.59. The number of anilines is 2. The summed E-state index contributed by atoms with van der Waals surface area (Å²) in [6.45, 7) is 0. The molecular weight excluding hydrogens is 405 g/mol. The topological polar surface area (TPSA) is 53.7 Å². The summed E-state index contributed by atoms with van der Waals surface area (Å²) in [5, 5.41) is 0.584. The second-order valence-corrected chi connectivity index (χ2v) is 7.47. The first-order valence-electron chi connectivity index (χ1n) is 9.20. The van der Waals surface area contributed by atoms with E-state index in [4.69, 9.17) is 11.6 Å². The fraction of sp³-hybridized carbons (Fsp3) is 0.136. The number of carbonyl (C=O) groups excluding carboxylic acids is 1. The quantitative estimate of drug-likeness (QED) is 0.484. The van der Waals surface area contributed by atoms with Crippen LogP contribution < -0.4 is 9.80 Å². The Morgan fingerprint density at radius 1 is 1.00 bits per heavy atom. The number of aromatic nitrogens is 3. The second-order valence-electron chi connectivity index (χ2n) is 7.03. The molecule has 2 aromatic heterocycles. The Hall–Kier alpha value is -3.45. The van der Waals surface area contributed by atoms with Crippen molar-refractivity contribution in [2.45, 2.75) is 0 Å². The van der Waals surface area contributed by atoms with Crippen molar-refractivity contribution < 1.29 is 9.18 Å². The van der Waals surface area contributed by atoms with E-state index in [0.717, 1.165) is 5.69 Å². The van der Waals surface area contributed by atoms with Crippen LogP contribution in [0.2, 0.25) is 5.02 Å². The van der Waals surface area contributed by atoms with E-state index in [9.17, 15) is 9.18 Å². The molecule has 30 heavy (non-hydrogen) atoms. The van der Waals surface area contributed by atoms with Gasteiger partial charge in [-0.1, -0.05) is 11.6 Å². The van der Waals surface area contributed by atoms with E-state index < -0.39 is 0 Å². The van der Waals surface area contributed by atoms with Crippen LogP contribution in [-0.4, -0.2) is 41.4 Å². The molecule has 0 saturated heterocycles. The molecule has 0 saturated carbocycles. The van der Waals surface area contributed by atoms with Crippen molar-refractivity contribution in [1.82, 2.24) is 14.4 Å². The van der Waals surface area contributed by atoms with Gasteiger partial charge in [0.05, 0.1) is 11.9 Å². The number of rotatable bonds is 4. The maximum absolute atomic E-state index is 13.6. The van der Waals surface area contributed by atoms with Crippen molar-refractivity contribution in [3.05, 3.63) is 77.5 Å². The molecule has 0 unspecified atom stereocenters. The molecule has 0 bridgehead atoms. The van der Waals surface area contributed by atoms with Crippen LogP contribution in [-0.2, 0) is 0 Å². The second kappa shape index (κ2) is 7.76. The number of nitrogens with zero attached hydrogens (tertiary/aromatic N) is 5. The third-order valence-electron chi connectivity index (χ3n) is 4.82. The van der Waals surface area contributed by atoms with Gasteiger partial charge < -0.3 is 9.80 Å². The number of fused-ring (bicyclic) bond motifs is 1. The Bertz CT molecular complexity index is 1220. The van der Waals surface area contributed by atoms with E-state index in [0.29, 0.717) is 33.4 Å². The van der Waals surface area contributed by atoms with Crippen LogP contribution in [0.3, 0.4) is 0 Å². The summed E-state index contributed by atoms with van der Waals surface area (Å²) < 4.78 is 15.1. The van der Waals surface area contributed by atoms with Crippen LogP contribution in [0.1, 0.15) is 10.5 Å². The Morgan fingerprint density at radius 2 is 1.67 bits per heavy atom. The molecule has 0 fully saturated rings. The largest absolute Gasteiger partial charge is 0.375 e. The molecule has 6 nitrogen and oxygen atoms in total. The average Bonchev–Trinajstić information content (AvgIpc) is 3.12. The SMILES string of the molecule is CN(C)c1cnc2nc(-c3ccc(F)cc3)c(C(=O)N(C)c3ccc(Cl)cc3)n2c1. The maximum atomic E-state index is 13.6. The first kappa shape index (κ1) is 19.8. The van der Waals surface area contributed by atoms with E-state index in [2.05, 4.69) is 9.97 Å². The van der Waals surface area contributed by atoms with Crippen LogP contribution in [0, 0.1) is 5.82 Å². The Morgan fingerprint density at radius 3 is 2.30 bits per heavy atom. The number of hydrogen-bond donors (Lipinski definition) is 0. The predicted octanol–water partition coefficient (Wildman–Crippen LogP) is 4.53. The van der Waals surface area contributed by atoms with Crippen LogP contribution in [0.15, 0.2) is 60.9 Å². The minimum atomic E-state index is -0.360. The molecule has 0 N–H and O–H groups in total. The molecular formula is C22H19ClFN5O. The highest BCUT2D eigenvalue weighted by atomic mass is 35.5. The molecule has 0 aliphatic carbocycles. The molecule has 4 rings (SSSR count). The molecule has 0 atom stereocenters. The number of carbonyl (C=O) groups is 1. The molecule has 2 heterocycles. The summed E-state index contributed by atoms with van der Waals surface area (Å²) in [5.41, 5.74) is 2.89. The highest BCUT2D eigenvalue weighted by molar-refractivity contribution is 6.30. The minimum Gasteiger partial charge on any atom is -0.375 e. The standard InChI is InChI=1S/C22H19ClFN5O/c1-27(2)18-12-25-22-26-19(14-4-8-16(24)9-5-14)20(29(22)13-18)21(30)28(3)17-10-6-15(23)7-11-17/h4-13H,1-3H3. The van der Waals surface area contributed by atoms with Gasteiger partial charge in [0, 0.05) is 43.6 Å². The van der Waals surface area contributed by atoms with Gasteiger partial charge in [-0.15, -0.1) is 0 Å². The molecule has 0 aliphatic heterocycles. The van der Waals surface area contributed by atoms with E-state index in [-0.39, 0.29) is 11.7 Å². The Kier molecular flexibility index (Phi) is 5.13. The molecule has 1 amide bonds. The van der Waals surface area contributed by atoms with Gasteiger partial charge in [-0.05, 0) is 48.5 Å². The lowest BCUT2D eigenvalue weighted by atomic mass is 10.1. The van der Waals surface area contributed by atoms with E-state index in [1.165, 1.54) is 17.0 Å². The smallest absolute Gasteiger partial charge is 0.277 e. The van der Waals surface area contributed by atoms with Crippen LogP contribution in [0.25, 0.3) is 17.0 Å². The Labute approximate surface area is 178 Å². The fourth-order valence-corrected chi connectivity index (χ4v) is 3.23. The zero-order chi connectivity index (χ0) is 21.4. The van der Waals surface area contributed by atoms with Crippen molar-refractivity contribution in [3.63, 3.8) is 0 Å².